The van der Waals surface area contributed by atoms with Crippen molar-refractivity contribution >= 4 is 38.8 Å². The number of hydrogen-bond acceptors (Lipinski definition) is 4. The molecular weight excluding hydrogens is 350 g/mol. The van der Waals surface area contributed by atoms with Crippen LogP contribution in [0, 0.1) is 0 Å². The van der Waals surface area contributed by atoms with E-state index in [0.29, 0.717) is 11.6 Å². The Hall–Kier alpha value is -1.53. The van der Waals surface area contributed by atoms with Crippen LogP contribution in [-0.2, 0) is 6.42 Å². The van der Waals surface area contributed by atoms with Crippen molar-refractivity contribution in [1.82, 2.24) is 0 Å². The Kier molecular flexibility index (Phi) is 5.25. The van der Waals surface area contributed by atoms with E-state index in [-0.39, 0.29) is 5.84 Å². The van der Waals surface area contributed by atoms with Crippen molar-refractivity contribution in [2.75, 3.05) is 11.9 Å². The molecule has 6 heteroatoms. The maximum atomic E-state index is 8.96. The van der Waals surface area contributed by atoms with E-state index in [1.807, 2.05) is 25.2 Å². The fourth-order valence-corrected chi connectivity index (χ4v) is 3.36. The van der Waals surface area contributed by atoms with E-state index in [1.54, 1.807) is 11.3 Å². The number of oxime groups is 1. The van der Waals surface area contributed by atoms with Crippen molar-refractivity contribution in [2.45, 2.75) is 19.4 Å². The molecule has 3 N–H and O–H groups in total. The summed E-state index contributed by atoms with van der Waals surface area (Å²) in [4.78, 5) is 3.50. The molecule has 0 aliphatic carbocycles. The van der Waals surface area contributed by atoms with Gasteiger partial charge in [0.15, 0.2) is 5.84 Å². The average molecular weight is 368 g/mol. The molecule has 2 rings (SSSR count). The third kappa shape index (κ3) is 3.77. The number of benzene rings is 1. The van der Waals surface area contributed by atoms with Gasteiger partial charge in [0.25, 0.3) is 0 Å². The number of hydrogen-bond donors (Lipinski definition) is 2. The van der Waals surface area contributed by atoms with Crippen LogP contribution in [0.15, 0.2) is 45.3 Å². The zero-order valence-corrected chi connectivity index (χ0v) is 14.4. The van der Waals surface area contributed by atoms with Gasteiger partial charge in [0.1, 0.15) is 0 Å². The van der Waals surface area contributed by atoms with E-state index in [2.05, 4.69) is 50.4 Å². The fourth-order valence-electron chi connectivity index (χ4n) is 2.17. The van der Waals surface area contributed by atoms with E-state index in [0.717, 1.165) is 16.6 Å². The second-order valence-corrected chi connectivity index (χ2v) is 6.84. The van der Waals surface area contributed by atoms with Crippen LogP contribution in [0.3, 0.4) is 0 Å². The van der Waals surface area contributed by atoms with E-state index < -0.39 is 0 Å². The van der Waals surface area contributed by atoms with Gasteiger partial charge in [0.2, 0.25) is 0 Å². The molecule has 4 nitrogen and oxygen atoms in total. The number of thiophene rings is 1. The first kappa shape index (κ1) is 15.9. The molecule has 1 aromatic carbocycles. The quantitative estimate of drug-likeness (QED) is 0.366. The van der Waals surface area contributed by atoms with E-state index in [4.69, 9.17) is 10.9 Å². The molecule has 0 bridgehead atoms. The largest absolute Gasteiger partial charge is 0.409 e. The molecule has 0 spiro atoms. The third-order valence-corrected chi connectivity index (χ3v) is 4.85. The number of rotatable bonds is 5. The van der Waals surface area contributed by atoms with Crippen LogP contribution >= 0.6 is 27.3 Å². The van der Waals surface area contributed by atoms with Gasteiger partial charge in [-0.1, -0.05) is 27.2 Å². The number of likely N-dealkylation sites (N-methyl/N-ethyl adjacent to an activating group) is 1. The fraction of sp³-hybridized carbons (Fsp3) is 0.267. The van der Waals surface area contributed by atoms with Gasteiger partial charge >= 0.3 is 0 Å². The van der Waals surface area contributed by atoms with Crippen LogP contribution < -0.4 is 10.6 Å². The van der Waals surface area contributed by atoms with Gasteiger partial charge in [-0.05, 0) is 36.6 Å². The highest BCUT2D eigenvalue weighted by molar-refractivity contribution is 9.10. The lowest BCUT2D eigenvalue weighted by atomic mass is 10.1. The molecule has 1 unspecified atom stereocenters. The molecule has 0 saturated heterocycles. The van der Waals surface area contributed by atoms with Crippen molar-refractivity contribution < 1.29 is 5.21 Å². The summed E-state index contributed by atoms with van der Waals surface area (Å²) < 4.78 is 0.896. The molecule has 112 valence electrons. The molecule has 1 aromatic heterocycles. The lowest BCUT2D eigenvalue weighted by Gasteiger charge is -2.28. The number of amidine groups is 1. The van der Waals surface area contributed by atoms with Crippen molar-refractivity contribution in [3.63, 3.8) is 0 Å². The molecule has 0 amide bonds. The predicted octanol–water partition coefficient (Wildman–Crippen LogP) is 3.67. The van der Waals surface area contributed by atoms with Crippen LogP contribution in [-0.4, -0.2) is 24.1 Å². The highest BCUT2D eigenvalue weighted by Crippen LogP contribution is 2.26. The van der Waals surface area contributed by atoms with Crippen LogP contribution in [0.25, 0.3) is 0 Å². The molecule has 2 aromatic rings. The van der Waals surface area contributed by atoms with Crippen molar-refractivity contribution in [3.05, 3.63) is 50.6 Å². The summed E-state index contributed by atoms with van der Waals surface area (Å²) in [6.07, 6.45) is 0.958. The molecule has 0 saturated carbocycles. The van der Waals surface area contributed by atoms with E-state index >= 15 is 0 Å². The molecule has 1 atom stereocenters. The molecule has 0 fully saturated rings. The van der Waals surface area contributed by atoms with Crippen LogP contribution in [0.1, 0.15) is 17.4 Å². The Labute approximate surface area is 137 Å². The zero-order valence-electron chi connectivity index (χ0n) is 12.0. The Bertz CT molecular complexity index is 628. The first-order valence-corrected chi connectivity index (χ1v) is 8.23. The van der Waals surface area contributed by atoms with Gasteiger partial charge in [-0.2, -0.15) is 0 Å². The molecule has 0 radical (unpaired) electrons. The van der Waals surface area contributed by atoms with E-state index in [1.165, 1.54) is 4.88 Å². The Balaban J connectivity index is 2.27. The summed E-state index contributed by atoms with van der Waals surface area (Å²) in [7, 11) is 2.02. The van der Waals surface area contributed by atoms with Gasteiger partial charge in [0.05, 0.1) is 0 Å². The normalized spacial score (nSPS) is 13.2. The number of halogens is 1. The van der Waals surface area contributed by atoms with Crippen LogP contribution in [0.5, 0.6) is 0 Å². The highest BCUT2D eigenvalue weighted by Gasteiger charge is 2.17. The average Bonchev–Trinajstić information content (AvgIpc) is 2.98. The van der Waals surface area contributed by atoms with Gasteiger partial charge in [-0.15, -0.1) is 11.3 Å². The van der Waals surface area contributed by atoms with Gasteiger partial charge in [0, 0.05) is 40.1 Å². The summed E-state index contributed by atoms with van der Waals surface area (Å²) in [6.45, 7) is 2.16. The smallest absolute Gasteiger partial charge is 0.172 e. The first-order chi connectivity index (χ1) is 10.0. The lowest BCUT2D eigenvalue weighted by Crippen LogP contribution is -2.32. The topological polar surface area (TPSA) is 61.8 Å². The van der Waals surface area contributed by atoms with Crippen LogP contribution in [0.4, 0.5) is 5.69 Å². The summed E-state index contributed by atoms with van der Waals surface area (Å²) in [5, 5.41) is 14.2. The standard InChI is InChI=1S/C15H18BrN3OS/c1-10(8-12-4-3-7-21-12)19(2)14-6-5-11(16)9-13(14)15(17)18-20/h3-7,9-10,20H,8H2,1-2H3,(H2,17,18). The monoisotopic (exact) mass is 367 g/mol. The maximum absolute atomic E-state index is 8.96. The van der Waals surface area contributed by atoms with Crippen molar-refractivity contribution in [3.8, 4) is 0 Å². The lowest BCUT2D eigenvalue weighted by molar-refractivity contribution is 0.318. The van der Waals surface area contributed by atoms with Crippen molar-refractivity contribution in [2.24, 2.45) is 10.9 Å². The number of nitrogens with two attached hydrogens (primary N) is 1. The minimum absolute atomic E-state index is 0.112. The number of nitrogens with zero attached hydrogens (tertiary/aromatic N) is 2. The van der Waals surface area contributed by atoms with Gasteiger partial charge < -0.3 is 15.8 Å². The summed E-state index contributed by atoms with van der Waals surface area (Å²) in [5.74, 6) is 0.112. The zero-order chi connectivity index (χ0) is 15.4. The predicted molar refractivity (Wildman–Crippen MR) is 92.5 cm³/mol. The SMILES string of the molecule is CC(Cc1cccs1)N(C)c1ccc(Br)cc1/C(N)=N/O. The molecule has 21 heavy (non-hydrogen) atoms. The summed E-state index contributed by atoms with van der Waals surface area (Å²) >= 11 is 5.18. The number of anilines is 1. The highest BCUT2D eigenvalue weighted by atomic mass is 79.9. The summed E-state index contributed by atoms with van der Waals surface area (Å²) in [6, 6.07) is 10.3. The van der Waals surface area contributed by atoms with Gasteiger partial charge in [-0.3, -0.25) is 0 Å². The van der Waals surface area contributed by atoms with Crippen molar-refractivity contribution in [1.29, 1.82) is 0 Å². The van der Waals surface area contributed by atoms with E-state index in [9.17, 15) is 0 Å². The van der Waals surface area contributed by atoms with Crippen LogP contribution in [0.2, 0.25) is 0 Å². The Morgan fingerprint density at radius 2 is 2.24 bits per heavy atom. The van der Waals surface area contributed by atoms with Gasteiger partial charge in [-0.25, -0.2) is 0 Å². The molecule has 0 aliphatic heterocycles. The maximum Gasteiger partial charge on any atom is 0.172 e. The third-order valence-electron chi connectivity index (χ3n) is 3.46. The molecule has 0 aliphatic rings. The molecule has 1 heterocycles. The second kappa shape index (κ2) is 6.95. The Morgan fingerprint density at radius 1 is 1.48 bits per heavy atom. The first-order valence-electron chi connectivity index (χ1n) is 6.55. The minimum Gasteiger partial charge on any atom is -0.409 e. The Morgan fingerprint density at radius 3 is 2.86 bits per heavy atom. The molecular formula is C15H18BrN3OS. The summed E-state index contributed by atoms with van der Waals surface area (Å²) in [5.41, 5.74) is 7.45. The second-order valence-electron chi connectivity index (χ2n) is 4.89. The minimum atomic E-state index is 0.112.